The van der Waals surface area contributed by atoms with Gasteiger partial charge in [-0.05, 0) is 34.1 Å². The first-order chi connectivity index (χ1) is 14.5. The van der Waals surface area contributed by atoms with E-state index in [0.29, 0.717) is 21.2 Å². The Labute approximate surface area is 177 Å². The highest BCUT2D eigenvalue weighted by Crippen LogP contribution is 2.36. The fourth-order valence-electron chi connectivity index (χ4n) is 2.76. The monoisotopic (exact) mass is 473 g/mol. The standard InChI is InChI=1S/C20H14BrF2N5O2/c21-13-10-26-19-17(13)16(4-6-25-19)30-18-14(22)7-12(8-15(18)23)28-20(29)27-9-11-3-1-2-5-24-11/h1-8,10H,9H2,(H,25,26)(H2,27,28,29). The van der Waals surface area contributed by atoms with E-state index in [9.17, 15) is 13.6 Å². The molecule has 0 aliphatic heterocycles. The summed E-state index contributed by atoms with van der Waals surface area (Å²) < 4.78 is 35.2. The molecule has 30 heavy (non-hydrogen) atoms. The number of H-pyrrole nitrogens is 1. The van der Waals surface area contributed by atoms with Crippen molar-refractivity contribution in [2.24, 2.45) is 0 Å². The van der Waals surface area contributed by atoms with Gasteiger partial charge in [-0.3, -0.25) is 4.98 Å². The summed E-state index contributed by atoms with van der Waals surface area (Å²) in [5, 5.41) is 5.49. The summed E-state index contributed by atoms with van der Waals surface area (Å²) in [5.41, 5.74) is 1.09. The third kappa shape index (κ3) is 4.23. The second-order valence-corrected chi connectivity index (χ2v) is 7.02. The Balaban J connectivity index is 1.49. The van der Waals surface area contributed by atoms with Crippen molar-refractivity contribution in [3.8, 4) is 11.5 Å². The molecule has 0 saturated carbocycles. The predicted molar refractivity (Wildman–Crippen MR) is 110 cm³/mol. The van der Waals surface area contributed by atoms with Crippen LogP contribution in [0.3, 0.4) is 0 Å². The van der Waals surface area contributed by atoms with Gasteiger partial charge in [-0.2, -0.15) is 0 Å². The summed E-state index contributed by atoms with van der Waals surface area (Å²) in [6, 6.07) is 8.10. The minimum atomic E-state index is -0.966. The average Bonchev–Trinajstić information content (AvgIpc) is 3.12. The van der Waals surface area contributed by atoms with Gasteiger partial charge in [-0.1, -0.05) is 6.07 Å². The lowest BCUT2D eigenvalue weighted by molar-refractivity contribution is 0.251. The van der Waals surface area contributed by atoms with E-state index in [1.807, 2.05) is 0 Å². The molecule has 3 heterocycles. The molecule has 152 valence electrons. The molecular weight excluding hydrogens is 460 g/mol. The smallest absolute Gasteiger partial charge is 0.319 e. The van der Waals surface area contributed by atoms with Gasteiger partial charge in [-0.15, -0.1) is 0 Å². The van der Waals surface area contributed by atoms with Crippen LogP contribution in [0.2, 0.25) is 0 Å². The topological polar surface area (TPSA) is 91.9 Å². The third-order valence-corrected chi connectivity index (χ3v) is 4.74. The van der Waals surface area contributed by atoms with Gasteiger partial charge in [-0.25, -0.2) is 18.6 Å². The normalized spacial score (nSPS) is 10.8. The van der Waals surface area contributed by atoms with Crippen LogP contribution in [0.5, 0.6) is 11.5 Å². The molecule has 4 rings (SSSR count). The molecule has 0 fully saturated rings. The first-order valence-corrected chi connectivity index (χ1v) is 9.54. The molecule has 2 amide bonds. The summed E-state index contributed by atoms with van der Waals surface area (Å²) in [6.07, 6.45) is 4.70. The van der Waals surface area contributed by atoms with Crippen LogP contribution in [-0.2, 0) is 6.54 Å². The van der Waals surface area contributed by atoms with Gasteiger partial charge in [0.2, 0.25) is 0 Å². The minimum Gasteiger partial charge on any atom is -0.450 e. The van der Waals surface area contributed by atoms with Gasteiger partial charge in [0, 0.05) is 40.9 Å². The molecule has 3 N–H and O–H groups in total. The van der Waals surface area contributed by atoms with Crippen LogP contribution in [0.15, 0.2) is 59.5 Å². The molecule has 1 aromatic carbocycles. The Morgan fingerprint density at radius 1 is 1.13 bits per heavy atom. The molecule has 0 aliphatic rings. The fourth-order valence-corrected chi connectivity index (χ4v) is 3.26. The molecule has 0 bridgehead atoms. The van der Waals surface area contributed by atoms with Crippen LogP contribution in [0.4, 0.5) is 19.3 Å². The van der Waals surface area contributed by atoms with E-state index in [1.165, 1.54) is 12.3 Å². The molecule has 7 nitrogen and oxygen atoms in total. The van der Waals surface area contributed by atoms with Crippen molar-refractivity contribution in [3.63, 3.8) is 0 Å². The number of nitrogens with zero attached hydrogens (tertiary/aromatic N) is 2. The number of carbonyl (C=O) groups is 1. The van der Waals surface area contributed by atoms with E-state index < -0.39 is 23.4 Å². The lowest BCUT2D eigenvalue weighted by atomic mass is 10.2. The second kappa shape index (κ2) is 8.46. The van der Waals surface area contributed by atoms with Crippen molar-refractivity contribution in [3.05, 3.63) is 76.8 Å². The molecule has 0 radical (unpaired) electrons. The number of nitrogens with one attached hydrogen (secondary N) is 3. The molecule has 4 aromatic rings. The van der Waals surface area contributed by atoms with Crippen molar-refractivity contribution in [1.82, 2.24) is 20.3 Å². The van der Waals surface area contributed by atoms with Crippen LogP contribution < -0.4 is 15.4 Å². The van der Waals surface area contributed by atoms with Gasteiger partial charge < -0.3 is 20.4 Å². The van der Waals surface area contributed by atoms with Gasteiger partial charge in [0.15, 0.2) is 17.4 Å². The van der Waals surface area contributed by atoms with Crippen molar-refractivity contribution in [2.75, 3.05) is 5.32 Å². The number of urea groups is 1. The lowest BCUT2D eigenvalue weighted by Crippen LogP contribution is -2.28. The van der Waals surface area contributed by atoms with E-state index >= 15 is 0 Å². The predicted octanol–water partition coefficient (Wildman–Crippen LogP) is 5.11. The van der Waals surface area contributed by atoms with Gasteiger partial charge in [0.25, 0.3) is 0 Å². The summed E-state index contributed by atoms with van der Waals surface area (Å²) in [4.78, 5) is 23.1. The average molecular weight is 474 g/mol. The van der Waals surface area contributed by atoms with Gasteiger partial charge in [0.1, 0.15) is 11.4 Å². The quantitative estimate of drug-likeness (QED) is 0.375. The van der Waals surface area contributed by atoms with Crippen LogP contribution >= 0.6 is 15.9 Å². The maximum atomic E-state index is 14.5. The number of amides is 2. The maximum absolute atomic E-state index is 14.5. The highest BCUT2D eigenvalue weighted by molar-refractivity contribution is 9.10. The van der Waals surface area contributed by atoms with E-state index in [0.717, 1.165) is 12.1 Å². The Morgan fingerprint density at radius 3 is 2.67 bits per heavy atom. The zero-order valence-corrected chi connectivity index (χ0v) is 16.8. The largest absolute Gasteiger partial charge is 0.450 e. The number of anilines is 1. The Kier molecular flexibility index (Phi) is 5.57. The third-order valence-electron chi connectivity index (χ3n) is 4.11. The maximum Gasteiger partial charge on any atom is 0.319 e. The number of hydrogen-bond acceptors (Lipinski definition) is 4. The number of carbonyl (C=O) groups excluding carboxylic acids is 1. The number of aromatic nitrogens is 3. The van der Waals surface area contributed by atoms with Crippen molar-refractivity contribution in [2.45, 2.75) is 6.54 Å². The lowest BCUT2D eigenvalue weighted by Gasteiger charge is -2.12. The van der Waals surface area contributed by atoms with Crippen molar-refractivity contribution in [1.29, 1.82) is 0 Å². The molecular formula is C20H14BrF2N5O2. The highest BCUT2D eigenvalue weighted by atomic mass is 79.9. The van der Waals surface area contributed by atoms with E-state index in [4.69, 9.17) is 4.74 Å². The van der Waals surface area contributed by atoms with Crippen LogP contribution in [0, 0.1) is 11.6 Å². The number of benzene rings is 1. The number of halogens is 3. The molecule has 0 saturated heterocycles. The van der Waals surface area contributed by atoms with Crippen LogP contribution in [0.25, 0.3) is 11.0 Å². The van der Waals surface area contributed by atoms with Crippen molar-refractivity contribution >= 4 is 38.7 Å². The summed E-state index contributed by atoms with van der Waals surface area (Å²) in [5.74, 6) is -2.30. The molecule has 0 atom stereocenters. The van der Waals surface area contributed by atoms with E-state index in [1.54, 1.807) is 30.6 Å². The molecule has 0 aliphatic carbocycles. The number of ether oxygens (including phenoxy) is 1. The Morgan fingerprint density at radius 2 is 1.93 bits per heavy atom. The van der Waals surface area contributed by atoms with Crippen LogP contribution in [0.1, 0.15) is 5.69 Å². The number of pyridine rings is 2. The number of hydrogen-bond donors (Lipinski definition) is 3. The summed E-state index contributed by atoms with van der Waals surface area (Å²) >= 11 is 3.34. The molecule has 0 unspecified atom stereocenters. The van der Waals surface area contributed by atoms with E-state index in [2.05, 4.69) is 41.5 Å². The van der Waals surface area contributed by atoms with Crippen LogP contribution in [-0.4, -0.2) is 21.0 Å². The van der Waals surface area contributed by atoms with Gasteiger partial charge in [0.05, 0.1) is 17.6 Å². The number of fused-ring (bicyclic) bond motifs is 1. The first-order valence-electron chi connectivity index (χ1n) is 8.74. The minimum absolute atomic E-state index is 0.0569. The van der Waals surface area contributed by atoms with E-state index in [-0.39, 0.29) is 18.0 Å². The fraction of sp³-hybridized carbons (Fsp3) is 0.0500. The Hall–Kier alpha value is -3.53. The first kappa shape index (κ1) is 19.8. The van der Waals surface area contributed by atoms with Crippen molar-refractivity contribution < 1.29 is 18.3 Å². The number of rotatable bonds is 5. The molecule has 3 aromatic heterocycles. The Bertz CT molecular complexity index is 1190. The zero-order valence-electron chi connectivity index (χ0n) is 15.2. The SMILES string of the molecule is O=C(NCc1ccccn1)Nc1cc(F)c(Oc2ccnc3[nH]cc(Br)c23)c(F)c1. The number of aromatic amines is 1. The zero-order chi connectivity index (χ0) is 21.1. The molecule has 0 spiro atoms. The summed E-state index contributed by atoms with van der Waals surface area (Å²) in [6.45, 7) is 0.169. The highest BCUT2D eigenvalue weighted by Gasteiger charge is 2.17. The molecule has 10 heteroatoms. The van der Waals surface area contributed by atoms with Gasteiger partial charge >= 0.3 is 6.03 Å². The summed E-state index contributed by atoms with van der Waals surface area (Å²) in [7, 11) is 0. The second-order valence-electron chi connectivity index (χ2n) is 6.17.